The van der Waals surface area contributed by atoms with Gasteiger partial charge >= 0.3 is 0 Å². The van der Waals surface area contributed by atoms with Crippen LogP contribution < -0.4 is 10.6 Å². The second-order valence-electron chi connectivity index (χ2n) is 5.22. The van der Waals surface area contributed by atoms with Crippen molar-refractivity contribution in [1.29, 1.82) is 0 Å². The van der Waals surface area contributed by atoms with Crippen molar-refractivity contribution in [3.63, 3.8) is 0 Å². The average Bonchev–Trinajstić information content (AvgIpc) is 3.12. The first-order valence-corrected chi connectivity index (χ1v) is 7.79. The van der Waals surface area contributed by atoms with Gasteiger partial charge in [0.15, 0.2) is 11.8 Å². The smallest absolute Gasteiger partial charge is 0.191 e. The number of para-hydroxylation sites is 1. The zero-order chi connectivity index (χ0) is 16.6. The molecule has 0 spiro atoms. The number of aromatic nitrogens is 3. The standard InChI is InChI=1S/C18H20N6.HI/c1-19-18(20-12-15-8-4-2-5-9-15)21-13-17-23-22-14-24(17)16-10-6-3-7-11-16;/h2-11,14H,12-13H2,1H3,(H2,19,20,21);1H. The van der Waals surface area contributed by atoms with Gasteiger partial charge in [-0.05, 0) is 17.7 Å². The summed E-state index contributed by atoms with van der Waals surface area (Å²) in [6.45, 7) is 1.25. The SMILES string of the molecule is CN=C(NCc1ccccc1)NCc1nncn1-c1ccccc1.I. The maximum atomic E-state index is 4.24. The number of rotatable bonds is 5. The molecule has 1 heterocycles. The number of aliphatic imine (C=N–C) groups is 1. The highest BCUT2D eigenvalue weighted by atomic mass is 127. The molecule has 0 aliphatic carbocycles. The fraction of sp³-hybridized carbons (Fsp3) is 0.167. The van der Waals surface area contributed by atoms with E-state index < -0.39 is 0 Å². The highest BCUT2D eigenvalue weighted by Crippen LogP contribution is 2.08. The van der Waals surface area contributed by atoms with Crippen LogP contribution in [0.1, 0.15) is 11.4 Å². The summed E-state index contributed by atoms with van der Waals surface area (Å²) >= 11 is 0. The molecule has 130 valence electrons. The molecule has 1 aromatic heterocycles. The maximum Gasteiger partial charge on any atom is 0.191 e. The molecule has 0 atom stereocenters. The van der Waals surface area contributed by atoms with Crippen molar-refractivity contribution in [3.8, 4) is 5.69 Å². The molecule has 2 aromatic carbocycles. The summed E-state index contributed by atoms with van der Waals surface area (Å²) in [6.07, 6.45) is 1.71. The fourth-order valence-electron chi connectivity index (χ4n) is 2.35. The molecular formula is C18H21IN6. The van der Waals surface area contributed by atoms with Crippen molar-refractivity contribution in [3.05, 3.63) is 78.4 Å². The minimum absolute atomic E-state index is 0. The quantitative estimate of drug-likeness (QED) is 0.358. The predicted octanol–water partition coefficient (Wildman–Crippen LogP) is 2.75. The van der Waals surface area contributed by atoms with E-state index >= 15 is 0 Å². The summed E-state index contributed by atoms with van der Waals surface area (Å²) in [5, 5.41) is 14.7. The first-order valence-electron chi connectivity index (χ1n) is 7.79. The molecule has 0 aliphatic heterocycles. The monoisotopic (exact) mass is 448 g/mol. The van der Waals surface area contributed by atoms with Gasteiger partial charge in [-0.3, -0.25) is 9.56 Å². The van der Waals surface area contributed by atoms with E-state index in [4.69, 9.17) is 0 Å². The topological polar surface area (TPSA) is 67.1 Å². The van der Waals surface area contributed by atoms with Gasteiger partial charge in [-0.2, -0.15) is 0 Å². The van der Waals surface area contributed by atoms with Crippen LogP contribution in [-0.4, -0.2) is 27.8 Å². The number of nitrogens with one attached hydrogen (secondary N) is 2. The number of benzene rings is 2. The van der Waals surface area contributed by atoms with Gasteiger partial charge in [-0.1, -0.05) is 48.5 Å². The van der Waals surface area contributed by atoms with Crippen LogP contribution in [0.5, 0.6) is 0 Å². The summed E-state index contributed by atoms with van der Waals surface area (Å²) in [7, 11) is 1.75. The zero-order valence-electron chi connectivity index (χ0n) is 14.0. The Labute approximate surface area is 164 Å². The van der Waals surface area contributed by atoms with E-state index in [0.717, 1.165) is 17.5 Å². The third-order valence-electron chi connectivity index (χ3n) is 3.59. The number of nitrogens with zero attached hydrogens (tertiary/aromatic N) is 4. The van der Waals surface area contributed by atoms with Crippen molar-refractivity contribution in [2.45, 2.75) is 13.1 Å². The molecule has 0 radical (unpaired) electrons. The summed E-state index contributed by atoms with van der Waals surface area (Å²) in [5.41, 5.74) is 2.24. The van der Waals surface area contributed by atoms with Gasteiger partial charge in [0, 0.05) is 19.3 Å². The Bertz CT molecular complexity index is 786. The second-order valence-corrected chi connectivity index (χ2v) is 5.22. The Morgan fingerprint density at radius 1 is 0.960 bits per heavy atom. The van der Waals surface area contributed by atoms with E-state index in [0.29, 0.717) is 13.1 Å². The number of guanidine groups is 1. The molecule has 7 heteroatoms. The summed E-state index contributed by atoms with van der Waals surface area (Å²) < 4.78 is 1.96. The van der Waals surface area contributed by atoms with E-state index in [-0.39, 0.29) is 24.0 Å². The van der Waals surface area contributed by atoms with Crippen molar-refractivity contribution in [2.75, 3.05) is 7.05 Å². The normalized spacial score (nSPS) is 10.8. The Hall–Kier alpha value is -2.42. The van der Waals surface area contributed by atoms with Gasteiger partial charge in [0.1, 0.15) is 6.33 Å². The van der Waals surface area contributed by atoms with E-state index in [9.17, 15) is 0 Å². The van der Waals surface area contributed by atoms with Gasteiger partial charge in [0.05, 0.1) is 6.54 Å². The van der Waals surface area contributed by atoms with Gasteiger partial charge in [-0.15, -0.1) is 34.2 Å². The molecule has 25 heavy (non-hydrogen) atoms. The summed E-state index contributed by atoms with van der Waals surface area (Å²) in [6, 6.07) is 20.2. The molecule has 0 aliphatic rings. The van der Waals surface area contributed by atoms with Gasteiger partial charge in [0.25, 0.3) is 0 Å². The molecule has 0 amide bonds. The summed E-state index contributed by atoms with van der Waals surface area (Å²) in [5.74, 6) is 1.55. The molecule has 3 aromatic rings. The maximum absolute atomic E-state index is 4.24. The Morgan fingerprint density at radius 3 is 2.28 bits per heavy atom. The van der Waals surface area contributed by atoms with E-state index in [1.54, 1.807) is 13.4 Å². The van der Waals surface area contributed by atoms with Crippen LogP contribution >= 0.6 is 24.0 Å². The first kappa shape index (κ1) is 18.9. The number of halogens is 1. The third kappa shape index (κ3) is 5.28. The Kier molecular flexibility index (Phi) is 7.39. The van der Waals surface area contributed by atoms with Crippen LogP contribution in [0.15, 0.2) is 72.0 Å². The second kappa shape index (κ2) is 9.77. The van der Waals surface area contributed by atoms with Gasteiger partial charge in [0.2, 0.25) is 0 Å². The number of hydrogen-bond donors (Lipinski definition) is 2. The number of hydrogen-bond acceptors (Lipinski definition) is 3. The third-order valence-corrected chi connectivity index (χ3v) is 3.59. The molecule has 0 bridgehead atoms. The molecule has 0 fully saturated rings. The van der Waals surface area contributed by atoms with Crippen LogP contribution in [0, 0.1) is 0 Å². The fourth-order valence-corrected chi connectivity index (χ4v) is 2.35. The minimum Gasteiger partial charge on any atom is -0.352 e. The molecule has 3 rings (SSSR count). The summed E-state index contributed by atoms with van der Waals surface area (Å²) in [4.78, 5) is 4.24. The van der Waals surface area contributed by atoms with Crippen molar-refractivity contribution in [2.24, 2.45) is 4.99 Å². The first-order chi connectivity index (χ1) is 11.9. The zero-order valence-corrected chi connectivity index (χ0v) is 16.3. The lowest BCUT2D eigenvalue weighted by Gasteiger charge is -2.12. The van der Waals surface area contributed by atoms with Gasteiger partial charge < -0.3 is 10.6 Å². The lowest BCUT2D eigenvalue weighted by molar-refractivity contribution is 0.754. The van der Waals surface area contributed by atoms with E-state index in [2.05, 4.69) is 38.0 Å². The lowest BCUT2D eigenvalue weighted by Crippen LogP contribution is -2.36. The van der Waals surface area contributed by atoms with Gasteiger partial charge in [-0.25, -0.2) is 0 Å². The lowest BCUT2D eigenvalue weighted by atomic mass is 10.2. The molecule has 2 N–H and O–H groups in total. The average molecular weight is 448 g/mol. The minimum atomic E-state index is 0. The largest absolute Gasteiger partial charge is 0.352 e. The van der Waals surface area contributed by atoms with Crippen LogP contribution in [0.3, 0.4) is 0 Å². The van der Waals surface area contributed by atoms with Crippen LogP contribution in [0.25, 0.3) is 5.69 Å². The molecule has 6 nitrogen and oxygen atoms in total. The van der Waals surface area contributed by atoms with Crippen molar-refractivity contribution in [1.82, 2.24) is 25.4 Å². The van der Waals surface area contributed by atoms with E-state index in [1.807, 2.05) is 53.1 Å². The predicted molar refractivity (Wildman–Crippen MR) is 110 cm³/mol. The van der Waals surface area contributed by atoms with Crippen molar-refractivity contribution >= 4 is 29.9 Å². The molecular weight excluding hydrogens is 427 g/mol. The van der Waals surface area contributed by atoms with Crippen LogP contribution in [0.2, 0.25) is 0 Å². The van der Waals surface area contributed by atoms with Crippen LogP contribution in [0.4, 0.5) is 0 Å². The molecule has 0 saturated heterocycles. The van der Waals surface area contributed by atoms with E-state index in [1.165, 1.54) is 5.56 Å². The van der Waals surface area contributed by atoms with Crippen LogP contribution in [-0.2, 0) is 13.1 Å². The Balaban J connectivity index is 0.00000225. The molecule has 0 unspecified atom stereocenters. The Morgan fingerprint density at radius 2 is 1.60 bits per heavy atom. The molecule has 0 saturated carbocycles. The highest BCUT2D eigenvalue weighted by Gasteiger charge is 2.07. The van der Waals surface area contributed by atoms with Crippen molar-refractivity contribution < 1.29 is 0 Å². The highest BCUT2D eigenvalue weighted by molar-refractivity contribution is 14.0.